The van der Waals surface area contributed by atoms with Crippen LogP contribution in [0, 0.1) is 5.92 Å². The number of carbonyl (C=O) groups excluding carboxylic acids is 5. The van der Waals surface area contributed by atoms with Crippen molar-refractivity contribution in [2.24, 2.45) is 11.7 Å². The van der Waals surface area contributed by atoms with E-state index in [1.54, 1.807) is 9.80 Å². The predicted molar refractivity (Wildman–Crippen MR) is 201 cm³/mol. The van der Waals surface area contributed by atoms with Gasteiger partial charge in [0.15, 0.2) is 6.04 Å². The molecule has 5 rings (SSSR count). The number of urea groups is 1. The molecular formula is C39H53N7O8. The van der Waals surface area contributed by atoms with Crippen molar-refractivity contribution in [3.05, 3.63) is 84.2 Å². The fraction of sp³-hybridized carbons (Fsp3) is 0.487. The van der Waals surface area contributed by atoms with E-state index < -0.39 is 35.5 Å². The van der Waals surface area contributed by atoms with E-state index in [0.29, 0.717) is 70.9 Å². The van der Waals surface area contributed by atoms with Gasteiger partial charge in [0.1, 0.15) is 5.60 Å². The summed E-state index contributed by atoms with van der Waals surface area (Å²) in [5.74, 6) is -2.03. The maximum atomic E-state index is 12.9. The molecule has 3 saturated heterocycles. The molecule has 3 heterocycles. The van der Waals surface area contributed by atoms with Crippen molar-refractivity contribution in [1.29, 1.82) is 0 Å². The number of carbonyl (C=O) groups is 6. The molecule has 0 bridgehead atoms. The summed E-state index contributed by atoms with van der Waals surface area (Å²) in [4.78, 5) is 81.3. The highest BCUT2D eigenvalue weighted by molar-refractivity contribution is 6.07. The van der Waals surface area contributed by atoms with Gasteiger partial charge in [-0.1, -0.05) is 67.2 Å². The number of carboxylic acid groups (broad SMARTS) is 1. The van der Waals surface area contributed by atoms with Crippen LogP contribution in [0.4, 0.5) is 9.59 Å². The molecule has 15 heteroatoms. The van der Waals surface area contributed by atoms with Crippen LogP contribution in [0.2, 0.25) is 0 Å². The Hall–Kier alpha value is -5.60. The number of nitrogens with two attached hydrogens (primary N) is 1. The number of nitrogens with zero attached hydrogens (tertiary/aromatic N) is 5. The van der Waals surface area contributed by atoms with Gasteiger partial charge >= 0.3 is 18.1 Å². The first kappa shape index (κ1) is 41.2. The SMILES string of the molecule is C=C(N)NCCC[C@H]1C(=O)N(C(=O)N2CCN(C(=O)Cc3ccccc3)CC2)C1C(=O)O.CC(C)(C)OC(=O)N1CCN(C(=O)Cc2ccccc2)CC1. The van der Waals surface area contributed by atoms with E-state index in [1.165, 1.54) is 4.90 Å². The van der Waals surface area contributed by atoms with E-state index in [0.717, 1.165) is 16.0 Å². The number of carboxylic acids is 1. The second-order valence-electron chi connectivity index (χ2n) is 14.5. The third-order valence-electron chi connectivity index (χ3n) is 9.30. The summed E-state index contributed by atoms with van der Waals surface area (Å²) in [5, 5.41) is 12.4. The fourth-order valence-corrected chi connectivity index (χ4v) is 6.43. The molecule has 3 fully saturated rings. The number of aliphatic carboxylic acids is 1. The highest BCUT2D eigenvalue weighted by Crippen LogP contribution is 2.32. The lowest BCUT2D eigenvalue weighted by molar-refractivity contribution is -0.167. The van der Waals surface area contributed by atoms with Crippen molar-refractivity contribution in [3.8, 4) is 0 Å². The number of nitrogens with one attached hydrogen (secondary N) is 1. The van der Waals surface area contributed by atoms with Gasteiger partial charge in [0, 0.05) is 58.9 Å². The molecule has 54 heavy (non-hydrogen) atoms. The molecule has 2 aromatic carbocycles. The maximum Gasteiger partial charge on any atom is 0.410 e. The normalized spacial score (nSPS) is 18.5. The summed E-state index contributed by atoms with van der Waals surface area (Å²) in [6.45, 7) is 12.9. The number of β-lactam (4-membered cyclic amide) rings is 1. The number of likely N-dealkylation sites (tertiary alicyclic amines) is 1. The quantitative estimate of drug-likeness (QED) is 0.241. The van der Waals surface area contributed by atoms with Crippen molar-refractivity contribution >= 4 is 35.8 Å². The van der Waals surface area contributed by atoms with Gasteiger partial charge in [-0.05, 0) is 44.7 Å². The molecule has 4 N–H and O–H groups in total. The molecule has 3 aliphatic rings. The van der Waals surface area contributed by atoms with Gasteiger partial charge in [0.2, 0.25) is 17.7 Å². The van der Waals surface area contributed by atoms with Gasteiger partial charge in [-0.15, -0.1) is 0 Å². The number of benzene rings is 2. The largest absolute Gasteiger partial charge is 0.480 e. The maximum absolute atomic E-state index is 12.9. The Morgan fingerprint density at radius 2 is 1.22 bits per heavy atom. The number of rotatable bonds is 10. The molecule has 292 valence electrons. The van der Waals surface area contributed by atoms with E-state index in [-0.39, 0.29) is 37.4 Å². The molecule has 0 radical (unpaired) electrons. The van der Waals surface area contributed by atoms with Crippen LogP contribution < -0.4 is 11.1 Å². The number of piperazine rings is 2. The zero-order valence-corrected chi connectivity index (χ0v) is 31.4. The third kappa shape index (κ3) is 11.7. The average Bonchev–Trinajstić information content (AvgIpc) is 3.13. The Bertz CT molecular complexity index is 1630. The van der Waals surface area contributed by atoms with Crippen LogP contribution in [0.15, 0.2) is 73.1 Å². The first-order valence-electron chi connectivity index (χ1n) is 18.3. The summed E-state index contributed by atoms with van der Waals surface area (Å²) in [5.41, 5.74) is 6.87. The lowest BCUT2D eigenvalue weighted by atomic mass is 9.83. The van der Waals surface area contributed by atoms with Gasteiger partial charge in [-0.3, -0.25) is 14.4 Å². The van der Waals surface area contributed by atoms with Crippen LogP contribution in [0.25, 0.3) is 0 Å². The van der Waals surface area contributed by atoms with E-state index in [1.807, 2.05) is 86.3 Å². The summed E-state index contributed by atoms with van der Waals surface area (Å²) in [7, 11) is 0. The summed E-state index contributed by atoms with van der Waals surface area (Å²) >= 11 is 0. The first-order valence-corrected chi connectivity index (χ1v) is 18.3. The van der Waals surface area contributed by atoms with Gasteiger partial charge in [0.25, 0.3) is 0 Å². The number of amides is 6. The average molecular weight is 748 g/mol. The minimum Gasteiger partial charge on any atom is -0.480 e. The summed E-state index contributed by atoms with van der Waals surface area (Å²) in [6, 6.07) is 17.3. The summed E-state index contributed by atoms with van der Waals surface area (Å²) < 4.78 is 5.35. The smallest absolute Gasteiger partial charge is 0.410 e. The molecular weight excluding hydrogens is 694 g/mol. The Balaban J connectivity index is 0.000000258. The second-order valence-corrected chi connectivity index (χ2v) is 14.5. The molecule has 0 saturated carbocycles. The van der Waals surface area contributed by atoms with Crippen LogP contribution in [0.1, 0.15) is 44.7 Å². The van der Waals surface area contributed by atoms with E-state index >= 15 is 0 Å². The van der Waals surface area contributed by atoms with Crippen LogP contribution in [-0.2, 0) is 36.8 Å². The zero-order chi connectivity index (χ0) is 39.4. The van der Waals surface area contributed by atoms with Crippen LogP contribution in [0.3, 0.4) is 0 Å². The molecule has 2 atom stereocenters. The minimum atomic E-state index is -1.20. The Labute approximate surface area is 316 Å². The Morgan fingerprint density at radius 1 is 0.778 bits per heavy atom. The van der Waals surface area contributed by atoms with Gasteiger partial charge in [-0.25, -0.2) is 19.3 Å². The molecule has 6 amide bonds. The molecule has 0 aromatic heterocycles. The van der Waals surface area contributed by atoms with Crippen molar-refractivity contribution in [2.75, 3.05) is 58.9 Å². The second kappa shape index (κ2) is 18.9. The predicted octanol–water partition coefficient (Wildman–Crippen LogP) is 2.51. The zero-order valence-electron chi connectivity index (χ0n) is 31.4. The van der Waals surface area contributed by atoms with Crippen LogP contribution >= 0.6 is 0 Å². The van der Waals surface area contributed by atoms with Crippen LogP contribution in [0.5, 0.6) is 0 Å². The Morgan fingerprint density at radius 3 is 1.65 bits per heavy atom. The molecule has 0 aliphatic carbocycles. The number of ether oxygens (including phenoxy) is 1. The standard InChI is InChI=1S/C22H29N5O5.C17H24N2O3/c1-15(23)24-9-5-8-17-19(21(30)31)27(20(17)29)22(32)26-12-10-25(11-13-26)18(28)14-16-6-3-2-4-7-16;1-17(2,3)22-16(21)19-11-9-18(10-12-19)15(20)13-14-7-5-4-6-8-14/h2-4,6-7,17,19,24H,1,5,8-14,23H2,(H,30,31);4-8H,9-13H2,1-3H3/t17-,19?;/m1./s1. The number of hydrogen-bond donors (Lipinski definition) is 3. The van der Waals surface area contributed by atoms with E-state index in [2.05, 4.69) is 11.9 Å². The molecule has 3 aliphatic heterocycles. The number of imide groups is 1. The topological polar surface area (TPSA) is 186 Å². The summed E-state index contributed by atoms with van der Waals surface area (Å²) in [6.07, 6.45) is 1.26. The van der Waals surface area contributed by atoms with Gasteiger partial charge in [-0.2, -0.15) is 0 Å². The lowest BCUT2D eigenvalue weighted by Crippen LogP contribution is -2.69. The fourth-order valence-electron chi connectivity index (χ4n) is 6.43. The van der Waals surface area contributed by atoms with Crippen molar-refractivity contribution in [2.45, 2.75) is 58.1 Å². The van der Waals surface area contributed by atoms with Gasteiger partial charge in [0.05, 0.1) is 24.6 Å². The highest BCUT2D eigenvalue weighted by atomic mass is 16.6. The first-order chi connectivity index (χ1) is 25.6. The third-order valence-corrected chi connectivity index (χ3v) is 9.30. The number of hydrogen-bond acceptors (Lipinski definition) is 9. The Kier molecular flexibility index (Phi) is 14.4. The van der Waals surface area contributed by atoms with Crippen LogP contribution in [-0.4, -0.2) is 136 Å². The molecule has 1 unspecified atom stereocenters. The van der Waals surface area contributed by atoms with Crippen molar-refractivity contribution in [3.63, 3.8) is 0 Å². The molecule has 15 nitrogen and oxygen atoms in total. The molecule has 2 aromatic rings. The minimum absolute atomic E-state index is 0.0272. The van der Waals surface area contributed by atoms with E-state index in [9.17, 15) is 33.9 Å². The highest BCUT2D eigenvalue weighted by Gasteiger charge is 2.55. The van der Waals surface area contributed by atoms with Crippen molar-refractivity contribution < 1.29 is 38.6 Å². The van der Waals surface area contributed by atoms with Crippen molar-refractivity contribution in [1.82, 2.24) is 29.8 Å². The monoisotopic (exact) mass is 747 g/mol. The van der Waals surface area contributed by atoms with Gasteiger partial charge < -0.3 is 40.5 Å². The lowest BCUT2D eigenvalue weighted by Gasteiger charge is -2.46. The van der Waals surface area contributed by atoms with E-state index in [4.69, 9.17) is 10.5 Å². The molecule has 0 spiro atoms.